The Morgan fingerprint density at radius 3 is 1.81 bits per heavy atom. The average Bonchev–Trinajstić information content (AvgIpc) is 3.18. The van der Waals surface area contributed by atoms with Gasteiger partial charge in [0, 0.05) is 30.0 Å². The summed E-state index contributed by atoms with van der Waals surface area (Å²) in [5.41, 5.74) is 2.12. The van der Waals surface area contributed by atoms with Gasteiger partial charge in [0.25, 0.3) is 0 Å². The topological polar surface area (TPSA) is 137 Å². The van der Waals surface area contributed by atoms with Crippen molar-refractivity contribution in [2.75, 3.05) is 32.1 Å². The van der Waals surface area contributed by atoms with Gasteiger partial charge in [-0.05, 0) is 89.2 Å². The summed E-state index contributed by atoms with van der Waals surface area (Å²) in [7, 11) is 3.14. The number of rotatable bonds is 30. The summed E-state index contributed by atoms with van der Waals surface area (Å²) in [6, 6.07) is 7.62. The monoisotopic (exact) mass is 825 g/mol. The summed E-state index contributed by atoms with van der Waals surface area (Å²) in [5, 5.41) is 27.4. The van der Waals surface area contributed by atoms with E-state index in [2.05, 4.69) is 116 Å². The summed E-state index contributed by atoms with van der Waals surface area (Å²) in [6.07, 6.45) is 32.0. The van der Waals surface area contributed by atoms with Gasteiger partial charge in [-0.1, -0.05) is 140 Å². The first-order valence-electron chi connectivity index (χ1n) is 20.5. The summed E-state index contributed by atoms with van der Waals surface area (Å²) in [5.74, 6) is 0.603. The normalized spacial score (nSPS) is 13.6. The molecule has 0 radical (unpaired) electrons. The Kier molecular flexibility index (Phi) is 29.3. The zero-order valence-corrected chi connectivity index (χ0v) is 36.9. The van der Waals surface area contributed by atoms with Crippen LogP contribution in [0.1, 0.15) is 110 Å². The van der Waals surface area contributed by atoms with Crippen molar-refractivity contribution in [1.29, 1.82) is 0 Å². The van der Waals surface area contributed by atoms with Crippen LogP contribution in [0.2, 0.25) is 0 Å². The summed E-state index contributed by atoms with van der Waals surface area (Å²) in [6.45, 7) is 11.9. The summed E-state index contributed by atoms with van der Waals surface area (Å²) in [4.78, 5) is 38.3. The lowest BCUT2D eigenvalue weighted by Gasteiger charge is -2.35. The number of benzene rings is 1. The van der Waals surface area contributed by atoms with E-state index in [1.54, 1.807) is 21.6 Å². The van der Waals surface area contributed by atoms with Crippen molar-refractivity contribution < 1.29 is 29.3 Å². The van der Waals surface area contributed by atoms with Gasteiger partial charge in [0.05, 0.1) is 25.2 Å². The molecule has 1 aromatic carbocycles. The largest absolute Gasteiger partial charge is 0.441 e. The molecular weight excluding hydrogens is 755 g/mol. The van der Waals surface area contributed by atoms with E-state index in [1.807, 2.05) is 39.0 Å². The quantitative estimate of drug-likeness (QED) is 0.0294. The molecule has 0 heterocycles. The Morgan fingerprint density at radius 2 is 1.30 bits per heavy atom. The molecule has 11 heteroatoms. The number of amides is 3. The number of carbonyl (C=O) groups excluding carboxylic acids is 3. The molecular formula is C46H71N3O6S2. The number of aliphatic hydroxyl groups is 2. The Bertz CT molecular complexity index is 1430. The highest BCUT2D eigenvalue weighted by Gasteiger charge is 2.34. The molecule has 5 N–H and O–H groups in total. The van der Waals surface area contributed by atoms with Gasteiger partial charge < -0.3 is 30.9 Å². The molecule has 318 valence electrons. The van der Waals surface area contributed by atoms with Gasteiger partial charge in [-0.25, -0.2) is 4.79 Å². The minimum atomic E-state index is -1.03. The first kappa shape index (κ1) is 51.5. The minimum Gasteiger partial charge on any atom is -0.441 e. The van der Waals surface area contributed by atoms with E-state index in [0.29, 0.717) is 31.1 Å². The lowest BCUT2D eigenvalue weighted by molar-refractivity contribution is -0.123. The fraction of sp³-hybridized carbons (Fsp3) is 0.543. The molecule has 0 saturated carbocycles. The number of aliphatic hydroxyl groups excluding tert-OH is 2. The van der Waals surface area contributed by atoms with Gasteiger partial charge in [0.1, 0.15) is 6.10 Å². The van der Waals surface area contributed by atoms with Gasteiger partial charge in [0.15, 0.2) is 0 Å². The second-order valence-corrected chi connectivity index (χ2v) is 17.8. The predicted molar refractivity (Wildman–Crippen MR) is 242 cm³/mol. The number of alkyl carbamates (subject to hydrolysis) is 1. The van der Waals surface area contributed by atoms with Gasteiger partial charge in [-0.15, -0.1) is 0 Å². The fourth-order valence-corrected chi connectivity index (χ4v) is 7.86. The lowest BCUT2D eigenvalue weighted by atomic mass is 9.95. The minimum absolute atomic E-state index is 0.00234. The summed E-state index contributed by atoms with van der Waals surface area (Å²) >= 11 is 0. The maximum Gasteiger partial charge on any atom is 0.407 e. The molecule has 57 heavy (non-hydrogen) atoms. The highest BCUT2D eigenvalue weighted by Crippen LogP contribution is 2.38. The summed E-state index contributed by atoms with van der Waals surface area (Å²) < 4.78 is 4.53. The Labute approximate surface area is 351 Å². The molecule has 2 atom stereocenters. The van der Waals surface area contributed by atoms with Gasteiger partial charge in [-0.2, -0.15) is 0 Å². The number of hydrogen-bond acceptors (Lipinski definition) is 8. The third kappa shape index (κ3) is 26.2. The van der Waals surface area contributed by atoms with Crippen LogP contribution in [0.4, 0.5) is 4.79 Å². The van der Waals surface area contributed by atoms with Crippen molar-refractivity contribution in [3.63, 3.8) is 0 Å². The Balaban J connectivity index is 2.47. The van der Waals surface area contributed by atoms with Gasteiger partial charge >= 0.3 is 6.09 Å². The molecule has 0 bridgehead atoms. The van der Waals surface area contributed by atoms with Crippen molar-refractivity contribution in [3.05, 3.63) is 108 Å². The highest BCUT2D eigenvalue weighted by molar-refractivity contribution is 8.77. The van der Waals surface area contributed by atoms with E-state index in [-0.39, 0.29) is 18.4 Å². The van der Waals surface area contributed by atoms with Crippen molar-refractivity contribution in [2.45, 2.75) is 122 Å². The van der Waals surface area contributed by atoms with E-state index in [9.17, 15) is 24.6 Å². The molecule has 1 unspecified atom stereocenters. The third-order valence-electron chi connectivity index (χ3n) is 8.72. The SMILES string of the molecule is CC/C=C\C/C=C\C/C=C\C/C=C\C/C=C\C/C=C\CCC(=O)NCCSSC(C)(C)[C@@H](CNC(=O)OC(CO)CO)NC(=O)C(C)c1ccc(CC(C)C)cc1. The van der Waals surface area contributed by atoms with Crippen molar-refractivity contribution in [3.8, 4) is 0 Å². The molecule has 0 aliphatic rings. The zero-order valence-electron chi connectivity index (χ0n) is 35.3. The third-order valence-corrected chi connectivity index (χ3v) is 12.1. The van der Waals surface area contributed by atoms with E-state index >= 15 is 0 Å². The second-order valence-electron chi connectivity index (χ2n) is 14.7. The van der Waals surface area contributed by atoms with Crippen LogP contribution in [0.25, 0.3) is 0 Å². The first-order chi connectivity index (χ1) is 27.4. The molecule has 0 aromatic heterocycles. The van der Waals surface area contributed by atoms with Crippen LogP contribution in [0.5, 0.6) is 0 Å². The fourth-order valence-electron chi connectivity index (χ4n) is 5.27. The molecule has 3 amide bonds. The van der Waals surface area contributed by atoms with Crippen LogP contribution in [0, 0.1) is 5.92 Å². The maximum atomic E-state index is 13.5. The van der Waals surface area contributed by atoms with Crippen LogP contribution >= 0.6 is 21.6 Å². The molecule has 0 spiro atoms. The van der Waals surface area contributed by atoms with Crippen molar-refractivity contribution in [2.24, 2.45) is 5.92 Å². The van der Waals surface area contributed by atoms with Crippen LogP contribution in [0.15, 0.2) is 97.2 Å². The van der Waals surface area contributed by atoms with Crippen molar-refractivity contribution >= 4 is 39.5 Å². The molecule has 0 fully saturated rings. The van der Waals surface area contributed by atoms with E-state index in [4.69, 9.17) is 4.74 Å². The lowest BCUT2D eigenvalue weighted by Crippen LogP contribution is -2.54. The standard InChI is InChI=1S/C46H71N3O6S2/c1-7-8-9-10-11-12-13-14-15-16-17-18-19-20-21-22-23-24-25-26-43(52)47-31-32-56-57-46(5,6)42(34-48-45(54)55-41(35-50)36-51)49-44(53)38(4)40-29-27-39(28-30-40)33-37(2)3/h8-9,11-12,14-15,17-18,20-21,23-24,27-30,37-38,41-42,50-51H,7,10,13,16,19,22,25-26,31-36H2,1-6H3,(H,47,52)(H,48,54)(H,49,53)/b9-8-,12-11-,15-14-,18-17-,21-20-,24-23-/t38?,42-/m1/s1. The molecule has 0 aliphatic carbocycles. The number of ether oxygens (including phenoxy) is 1. The Morgan fingerprint density at radius 1 is 0.772 bits per heavy atom. The van der Waals surface area contributed by atoms with Crippen LogP contribution in [0.3, 0.4) is 0 Å². The van der Waals surface area contributed by atoms with E-state index < -0.39 is 42.1 Å². The molecule has 0 aliphatic heterocycles. The molecule has 1 aromatic rings. The van der Waals surface area contributed by atoms with Crippen LogP contribution in [-0.2, 0) is 20.7 Å². The number of carbonyl (C=O) groups is 3. The van der Waals surface area contributed by atoms with Crippen molar-refractivity contribution in [1.82, 2.24) is 16.0 Å². The molecule has 9 nitrogen and oxygen atoms in total. The predicted octanol–water partition coefficient (Wildman–Crippen LogP) is 9.31. The number of allylic oxidation sites excluding steroid dienone is 12. The second kappa shape index (κ2) is 32.4. The zero-order chi connectivity index (χ0) is 42.2. The maximum absolute atomic E-state index is 13.5. The average molecular weight is 826 g/mol. The van der Waals surface area contributed by atoms with Crippen LogP contribution in [-0.4, -0.2) is 77.1 Å². The van der Waals surface area contributed by atoms with Crippen LogP contribution < -0.4 is 16.0 Å². The smallest absolute Gasteiger partial charge is 0.407 e. The highest BCUT2D eigenvalue weighted by atomic mass is 33.1. The Hall–Kier alpha value is -3.51. The van der Waals surface area contributed by atoms with E-state index in [1.165, 1.54) is 5.56 Å². The molecule has 0 saturated heterocycles. The number of nitrogens with one attached hydrogen (secondary N) is 3. The first-order valence-corrected chi connectivity index (χ1v) is 22.8. The van der Waals surface area contributed by atoms with Gasteiger partial charge in [-0.3, -0.25) is 9.59 Å². The number of hydrogen-bond donors (Lipinski definition) is 5. The molecule has 1 rings (SSSR count). The van der Waals surface area contributed by atoms with E-state index in [0.717, 1.165) is 50.5 Å². The van der Waals surface area contributed by atoms with Gasteiger partial charge in [0.2, 0.25) is 11.8 Å².